The largest absolute Gasteiger partial charge is 0.497 e. The summed E-state index contributed by atoms with van der Waals surface area (Å²) in [6.45, 7) is 0.404. The number of fused-ring (bicyclic) bond motifs is 1. The van der Waals surface area contributed by atoms with Gasteiger partial charge in [0.2, 0.25) is 11.8 Å². The van der Waals surface area contributed by atoms with Crippen molar-refractivity contribution in [2.45, 2.75) is 25.4 Å². The third-order valence-corrected chi connectivity index (χ3v) is 5.54. The van der Waals surface area contributed by atoms with Crippen molar-refractivity contribution in [3.63, 3.8) is 0 Å². The summed E-state index contributed by atoms with van der Waals surface area (Å²) in [5, 5.41) is 6.96. The molecule has 3 N–H and O–H groups in total. The number of amides is 2. The van der Waals surface area contributed by atoms with E-state index in [0.29, 0.717) is 13.0 Å². The first-order valence-electron chi connectivity index (χ1n) is 10.9. The van der Waals surface area contributed by atoms with Gasteiger partial charge in [0, 0.05) is 24.7 Å². The highest BCUT2D eigenvalue weighted by Crippen LogP contribution is 2.16. The molecule has 6 heteroatoms. The van der Waals surface area contributed by atoms with E-state index >= 15 is 0 Å². The summed E-state index contributed by atoms with van der Waals surface area (Å²) in [5.74, 6) is 0.316. The number of carbonyl (C=O) groups excluding carboxylic acids is 2. The monoisotopic (exact) mass is 441 g/mol. The van der Waals surface area contributed by atoms with E-state index in [0.717, 1.165) is 33.3 Å². The molecule has 0 saturated carbocycles. The second kappa shape index (κ2) is 10.5. The molecule has 1 heterocycles. The average Bonchev–Trinajstić information content (AvgIpc) is 3.31. The van der Waals surface area contributed by atoms with Crippen LogP contribution in [0.2, 0.25) is 0 Å². The Labute approximate surface area is 193 Å². The Bertz CT molecular complexity index is 1220. The SMILES string of the molecule is COc1ccc(CC(=O)NC(Cc2ccc3[nH]ccc3c2)C(=O)NCc2ccccc2)cc1. The van der Waals surface area contributed by atoms with Gasteiger partial charge >= 0.3 is 0 Å². The van der Waals surface area contributed by atoms with E-state index in [1.54, 1.807) is 7.11 Å². The van der Waals surface area contributed by atoms with Crippen LogP contribution in [0.15, 0.2) is 85.1 Å². The van der Waals surface area contributed by atoms with Crippen molar-refractivity contribution in [3.8, 4) is 5.75 Å². The minimum Gasteiger partial charge on any atom is -0.497 e. The Hall–Kier alpha value is -4.06. The molecule has 0 aliphatic carbocycles. The fourth-order valence-electron chi connectivity index (χ4n) is 3.76. The fraction of sp³-hybridized carbons (Fsp3) is 0.185. The van der Waals surface area contributed by atoms with E-state index in [-0.39, 0.29) is 18.2 Å². The second-order valence-electron chi connectivity index (χ2n) is 7.95. The average molecular weight is 442 g/mol. The van der Waals surface area contributed by atoms with Gasteiger partial charge in [-0.15, -0.1) is 0 Å². The van der Waals surface area contributed by atoms with Gasteiger partial charge in [0.1, 0.15) is 11.8 Å². The van der Waals surface area contributed by atoms with E-state index in [1.165, 1.54) is 0 Å². The molecule has 2 amide bonds. The molecule has 0 aliphatic rings. The van der Waals surface area contributed by atoms with Crippen molar-refractivity contribution >= 4 is 22.7 Å². The predicted molar refractivity (Wildman–Crippen MR) is 129 cm³/mol. The van der Waals surface area contributed by atoms with Crippen LogP contribution in [0.4, 0.5) is 0 Å². The smallest absolute Gasteiger partial charge is 0.243 e. The zero-order valence-electron chi connectivity index (χ0n) is 18.5. The summed E-state index contributed by atoms with van der Waals surface area (Å²) in [7, 11) is 1.60. The molecule has 0 saturated heterocycles. The van der Waals surface area contributed by atoms with Crippen molar-refractivity contribution in [1.29, 1.82) is 0 Å². The zero-order valence-corrected chi connectivity index (χ0v) is 18.5. The molecular formula is C27H27N3O3. The number of benzene rings is 3. The number of ether oxygens (including phenoxy) is 1. The van der Waals surface area contributed by atoms with Gasteiger partial charge in [-0.25, -0.2) is 0 Å². The van der Waals surface area contributed by atoms with E-state index in [9.17, 15) is 9.59 Å². The van der Waals surface area contributed by atoms with Gasteiger partial charge in [0.15, 0.2) is 0 Å². The quantitative estimate of drug-likeness (QED) is 0.370. The summed E-state index contributed by atoms with van der Waals surface area (Å²) in [4.78, 5) is 29.0. The molecule has 0 radical (unpaired) electrons. The van der Waals surface area contributed by atoms with Gasteiger partial charge < -0.3 is 20.4 Å². The summed E-state index contributed by atoms with van der Waals surface area (Å²) in [6.07, 6.45) is 2.47. The van der Waals surface area contributed by atoms with Crippen LogP contribution in [0.5, 0.6) is 5.75 Å². The highest BCUT2D eigenvalue weighted by Gasteiger charge is 2.21. The standard InChI is InChI=1S/C27H27N3O3/c1-33-23-10-7-19(8-11-23)17-26(31)30-25(27(32)29-18-20-5-3-2-4-6-20)16-21-9-12-24-22(15-21)13-14-28-24/h2-15,25,28H,16-18H2,1H3,(H,29,32)(H,30,31). The summed E-state index contributed by atoms with van der Waals surface area (Å²) in [6, 6.07) is 24.4. The van der Waals surface area contributed by atoms with Gasteiger partial charge in [0.25, 0.3) is 0 Å². The van der Waals surface area contributed by atoms with Crippen LogP contribution in [-0.4, -0.2) is 29.9 Å². The van der Waals surface area contributed by atoms with E-state index < -0.39 is 6.04 Å². The lowest BCUT2D eigenvalue weighted by Crippen LogP contribution is -2.48. The Morgan fingerprint density at radius 2 is 1.67 bits per heavy atom. The molecular weight excluding hydrogens is 414 g/mol. The molecule has 0 aliphatic heterocycles. The highest BCUT2D eigenvalue weighted by atomic mass is 16.5. The normalized spacial score (nSPS) is 11.7. The predicted octanol–water partition coefficient (Wildman–Crippen LogP) is 3.76. The molecule has 168 valence electrons. The van der Waals surface area contributed by atoms with Crippen molar-refractivity contribution in [1.82, 2.24) is 15.6 Å². The van der Waals surface area contributed by atoms with Crippen molar-refractivity contribution < 1.29 is 14.3 Å². The number of methoxy groups -OCH3 is 1. The minimum absolute atomic E-state index is 0.184. The van der Waals surface area contributed by atoms with Crippen molar-refractivity contribution in [2.75, 3.05) is 7.11 Å². The maximum absolute atomic E-state index is 13.1. The lowest BCUT2D eigenvalue weighted by molar-refractivity contribution is -0.128. The number of aromatic amines is 1. The van der Waals surface area contributed by atoms with Gasteiger partial charge in [-0.3, -0.25) is 9.59 Å². The molecule has 0 spiro atoms. The third-order valence-electron chi connectivity index (χ3n) is 5.54. The maximum atomic E-state index is 13.1. The van der Waals surface area contributed by atoms with Crippen LogP contribution < -0.4 is 15.4 Å². The number of H-pyrrole nitrogens is 1. The van der Waals surface area contributed by atoms with Gasteiger partial charge in [-0.05, 0) is 52.4 Å². The van der Waals surface area contributed by atoms with Gasteiger partial charge in [-0.2, -0.15) is 0 Å². The molecule has 4 rings (SSSR count). The number of carbonyl (C=O) groups is 2. The van der Waals surface area contributed by atoms with Crippen LogP contribution in [0.1, 0.15) is 16.7 Å². The van der Waals surface area contributed by atoms with E-state index in [2.05, 4.69) is 15.6 Å². The topological polar surface area (TPSA) is 83.2 Å². The second-order valence-corrected chi connectivity index (χ2v) is 7.95. The molecule has 33 heavy (non-hydrogen) atoms. The van der Waals surface area contributed by atoms with Crippen molar-refractivity contribution in [2.24, 2.45) is 0 Å². The Morgan fingerprint density at radius 3 is 2.42 bits per heavy atom. The number of nitrogens with one attached hydrogen (secondary N) is 3. The first-order chi connectivity index (χ1) is 16.1. The molecule has 1 atom stereocenters. The lowest BCUT2D eigenvalue weighted by atomic mass is 10.0. The van der Waals surface area contributed by atoms with Gasteiger partial charge in [-0.1, -0.05) is 48.5 Å². The number of hydrogen-bond acceptors (Lipinski definition) is 3. The number of aromatic nitrogens is 1. The third kappa shape index (κ3) is 6.01. The Kier molecular flexibility index (Phi) is 7.05. The van der Waals surface area contributed by atoms with Crippen LogP contribution in [0.25, 0.3) is 10.9 Å². The summed E-state index contributed by atoms with van der Waals surface area (Å²) < 4.78 is 5.17. The molecule has 3 aromatic carbocycles. The van der Waals surface area contributed by atoms with Crippen LogP contribution in [0.3, 0.4) is 0 Å². The first kappa shape index (κ1) is 22.1. The minimum atomic E-state index is -0.684. The van der Waals surface area contributed by atoms with Gasteiger partial charge in [0.05, 0.1) is 13.5 Å². The fourth-order valence-corrected chi connectivity index (χ4v) is 3.76. The number of rotatable bonds is 9. The van der Waals surface area contributed by atoms with E-state index in [1.807, 2.05) is 85.1 Å². The maximum Gasteiger partial charge on any atom is 0.243 e. The van der Waals surface area contributed by atoms with Crippen molar-refractivity contribution in [3.05, 3.63) is 102 Å². The van der Waals surface area contributed by atoms with Crippen LogP contribution in [-0.2, 0) is 29.0 Å². The molecule has 0 fully saturated rings. The Morgan fingerprint density at radius 1 is 0.909 bits per heavy atom. The first-order valence-corrected chi connectivity index (χ1v) is 10.9. The zero-order chi connectivity index (χ0) is 23.0. The molecule has 6 nitrogen and oxygen atoms in total. The molecule has 4 aromatic rings. The van der Waals surface area contributed by atoms with E-state index in [4.69, 9.17) is 4.74 Å². The summed E-state index contributed by atoms with van der Waals surface area (Å²) >= 11 is 0. The molecule has 0 bridgehead atoms. The molecule has 1 aromatic heterocycles. The van der Waals surface area contributed by atoms with Crippen LogP contribution in [0, 0.1) is 0 Å². The van der Waals surface area contributed by atoms with Crippen LogP contribution >= 0.6 is 0 Å². The molecule has 1 unspecified atom stereocenters. The highest BCUT2D eigenvalue weighted by molar-refractivity contribution is 5.89. The lowest BCUT2D eigenvalue weighted by Gasteiger charge is -2.19. The summed E-state index contributed by atoms with van der Waals surface area (Å²) in [5.41, 5.74) is 3.87. The Balaban J connectivity index is 1.46. The number of hydrogen-bond donors (Lipinski definition) is 3.